The number of hydrogen-bond donors (Lipinski definition) is 1. The van der Waals surface area contributed by atoms with E-state index in [0.717, 1.165) is 11.8 Å². The summed E-state index contributed by atoms with van der Waals surface area (Å²) in [6, 6.07) is 8.11. The molecule has 0 spiro atoms. The zero-order valence-corrected chi connectivity index (χ0v) is 21.3. The van der Waals surface area contributed by atoms with Gasteiger partial charge in [0.1, 0.15) is 11.5 Å². The maximum absolute atomic E-state index is 15.4. The maximum atomic E-state index is 15.4. The molecule has 0 saturated carbocycles. The third-order valence-electron chi connectivity index (χ3n) is 6.89. The number of methoxy groups -OCH3 is 1. The number of halogens is 5. The molecule has 2 heterocycles. The van der Waals surface area contributed by atoms with Gasteiger partial charge in [-0.05, 0) is 67.8 Å². The number of alkyl halides is 4. The van der Waals surface area contributed by atoms with Crippen molar-refractivity contribution in [3.05, 3.63) is 70.8 Å². The standard InChI is InChI=1S/C27H27F5N4O2/c1-15-5-6-19(34-25(37)18-11-24(27(30,31)32)35-33-14-18)12-20(15)17-9-22(28)21-13-26(3,29)16(2)36(7-8-38-4)23(21)10-17/h5-6,9-12,14,16H,7-8,13H2,1-4H3,(H,34,37)/t16?,26-/m0/s1. The fourth-order valence-corrected chi connectivity index (χ4v) is 4.58. The monoisotopic (exact) mass is 534 g/mol. The van der Waals surface area contributed by atoms with Gasteiger partial charge in [-0.1, -0.05) is 6.07 Å². The van der Waals surface area contributed by atoms with Gasteiger partial charge in [0.05, 0.1) is 24.4 Å². The Morgan fingerprint density at radius 2 is 1.97 bits per heavy atom. The van der Waals surface area contributed by atoms with Crippen LogP contribution in [0.1, 0.15) is 41.0 Å². The van der Waals surface area contributed by atoms with Gasteiger partial charge in [-0.3, -0.25) is 4.79 Å². The summed E-state index contributed by atoms with van der Waals surface area (Å²) in [5, 5.41) is 8.86. The van der Waals surface area contributed by atoms with E-state index >= 15 is 8.78 Å². The molecule has 0 bridgehead atoms. The van der Waals surface area contributed by atoms with E-state index in [1.165, 1.54) is 20.1 Å². The number of aromatic nitrogens is 2. The molecule has 6 nitrogen and oxygen atoms in total. The van der Waals surface area contributed by atoms with Gasteiger partial charge in [0, 0.05) is 37.0 Å². The second-order valence-corrected chi connectivity index (χ2v) is 9.58. The molecule has 202 valence electrons. The number of benzene rings is 2. The van der Waals surface area contributed by atoms with Crippen molar-refractivity contribution in [2.75, 3.05) is 30.5 Å². The van der Waals surface area contributed by atoms with Gasteiger partial charge in [-0.15, -0.1) is 5.10 Å². The normalized spacial score (nSPS) is 19.3. The number of amides is 1. The molecule has 2 atom stereocenters. The van der Waals surface area contributed by atoms with Crippen LogP contribution >= 0.6 is 0 Å². The third-order valence-corrected chi connectivity index (χ3v) is 6.89. The van der Waals surface area contributed by atoms with Crippen molar-refractivity contribution in [3.8, 4) is 11.1 Å². The SMILES string of the molecule is COCCN1c2cc(-c3cc(NC(=O)c4cnnc(C(F)(F)F)c4)ccc3C)cc(F)c2C[C@](C)(F)C1C. The van der Waals surface area contributed by atoms with Crippen molar-refractivity contribution in [2.24, 2.45) is 0 Å². The van der Waals surface area contributed by atoms with Crippen LogP contribution in [0.25, 0.3) is 11.1 Å². The summed E-state index contributed by atoms with van der Waals surface area (Å²) in [4.78, 5) is 14.4. The van der Waals surface area contributed by atoms with Crippen molar-refractivity contribution in [1.29, 1.82) is 0 Å². The van der Waals surface area contributed by atoms with Crippen LogP contribution in [0.4, 0.5) is 33.3 Å². The summed E-state index contributed by atoms with van der Waals surface area (Å²) in [6.07, 6.45) is -3.88. The Hall–Kier alpha value is -3.60. The molecule has 1 unspecified atom stereocenters. The minimum atomic E-state index is -4.74. The van der Waals surface area contributed by atoms with Crippen LogP contribution in [0.2, 0.25) is 0 Å². The summed E-state index contributed by atoms with van der Waals surface area (Å²) in [7, 11) is 1.54. The number of anilines is 2. The smallest absolute Gasteiger partial charge is 0.383 e. The van der Waals surface area contributed by atoms with E-state index in [-0.39, 0.29) is 17.5 Å². The number of fused-ring (bicyclic) bond motifs is 1. The lowest BCUT2D eigenvalue weighted by Gasteiger charge is -2.44. The Bertz CT molecular complexity index is 1360. The quantitative estimate of drug-likeness (QED) is 0.394. The molecule has 3 aromatic rings. The van der Waals surface area contributed by atoms with Crippen LogP contribution in [0.3, 0.4) is 0 Å². The summed E-state index contributed by atoms with van der Waals surface area (Å²) in [5.41, 5.74) is -0.219. The van der Waals surface area contributed by atoms with Gasteiger partial charge >= 0.3 is 6.18 Å². The molecule has 11 heteroatoms. The Balaban J connectivity index is 1.69. The Morgan fingerprint density at radius 1 is 1.24 bits per heavy atom. The highest BCUT2D eigenvalue weighted by atomic mass is 19.4. The largest absolute Gasteiger partial charge is 0.435 e. The highest BCUT2D eigenvalue weighted by Crippen LogP contribution is 2.42. The minimum absolute atomic E-state index is 0.0753. The zero-order chi connectivity index (χ0) is 27.8. The van der Waals surface area contributed by atoms with Gasteiger partial charge in [-0.25, -0.2) is 8.78 Å². The van der Waals surface area contributed by atoms with Crippen molar-refractivity contribution >= 4 is 17.3 Å². The first-order valence-electron chi connectivity index (χ1n) is 11.9. The Morgan fingerprint density at radius 3 is 2.66 bits per heavy atom. The maximum Gasteiger partial charge on any atom is 0.435 e. The minimum Gasteiger partial charge on any atom is -0.383 e. The third kappa shape index (κ3) is 5.47. The number of hydrogen-bond acceptors (Lipinski definition) is 5. The van der Waals surface area contributed by atoms with Crippen LogP contribution in [0.15, 0.2) is 42.6 Å². The van der Waals surface area contributed by atoms with Crippen molar-refractivity contribution < 1.29 is 31.5 Å². The Labute approximate surface area is 216 Å². The molecule has 1 amide bonds. The Kier molecular flexibility index (Phi) is 7.42. The van der Waals surface area contributed by atoms with Gasteiger partial charge in [-0.2, -0.15) is 18.3 Å². The highest BCUT2D eigenvalue weighted by molar-refractivity contribution is 6.04. The van der Waals surface area contributed by atoms with E-state index in [1.807, 2.05) is 6.92 Å². The number of rotatable bonds is 6. The van der Waals surface area contributed by atoms with E-state index in [4.69, 9.17) is 4.74 Å². The number of aryl methyl sites for hydroxylation is 1. The molecule has 0 saturated heterocycles. The molecular formula is C27H27F5N4O2. The average molecular weight is 535 g/mol. The predicted octanol–water partition coefficient (Wildman–Crippen LogP) is 5.99. The van der Waals surface area contributed by atoms with E-state index in [9.17, 15) is 18.0 Å². The molecular weight excluding hydrogens is 507 g/mol. The van der Waals surface area contributed by atoms with Gasteiger partial charge in [0.25, 0.3) is 5.91 Å². The lowest BCUT2D eigenvalue weighted by molar-refractivity contribution is -0.141. The van der Waals surface area contributed by atoms with Crippen LogP contribution in [0.5, 0.6) is 0 Å². The molecule has 1 aromatic heterocycles. The number of carbonyl (C=O) groups is 1. The van der Waals surface area contributed by atoms with E-state index in [2.05, 4.69) is 15.5 Å². The number of ether oxygens (including phenoxy) is 1. The summed E-state index contributed by atoms with van der Waals surface area (Å²) >= 11 is 0. The summed E-state index contributed by atoms with van der Waals surface area (Å²) in [5.74, 6) is -1.36. The predicted molar refractivity (Wildman–Crippen MR) is 133 cm³/mol. The summed E-state index contributed by atoms with van der Waals surface area (Å²) < 4.78 is 74.8. The van der Waals surface area contributed by atoms with Gasteiger partial charge < -0.3 is 15.0 Å². The van der Waals surface area contributed by atoms with Crippen LogP contribution in [0, 0.1) is 12.7 Å². The fourth-order valence-electron chi connectivity index (χ4n) is 4.58. The molecule has 4 rings (SSSR count). The first kappa shape index (κ1) is 27.4. The lowest BCUT2D eigenvalue weighted by Crippen LogP contribution is -2.53. The van der Waals surface area contributed by atoms with Crippen molar-refractivity contribution in [3.63, 3.8) is 0 Å². The topological polar surface area (TPSA) is 67.3 Å². The molecule has 2 aromatic carbocycles. The number of nitrogens with one attached hydrogen (secondary N) is 1. The summed E-state index contributed by atoms with van der Waals surface area (Å²) in [6.45, 7) is 5.71. The first-order valence-corrected chi connectivity index (χ1v) is 11.9. The van der Waals surface area contributed by atoms with Crippen LogP contribution in [-0.2, 0) is 17.3 Å². The van der Waals surface area contributed by atoms with E-state index in [0.29, 0.717) is 41.7 Å². The molecule has 0 aliphatic carbocycles. The molecule has 1 N–H and O–H groups in total. The first-order chi connectivity index (χ1) is 17.8. The highest BCUT2D eigenvalue weighted by Gasteiger charge is 2.42. The zero-order valence-electron chi connectivity index (χ0n) is 21.3. The van der Waals surface area contributed by atoms with E-state index in [1.54, 1.807) is 36.1 Å². The van der Waals surface area contributed by atoms with Gasteiger partial charge in [0.15, 0.2) is 5.69 Å². The second-order valence-electron chi connectivity index (χ2n) is 9.58. The fraction of sp³-hybridized carbons (Fsp3) is 0.370. The van der Waals surface area contributed by atoms with Crippen LogP contribution in [-0.4, -0.2) is 48.1 Å². The molecule has 0 radical (unpaired) electrons. The average Bonchev–Trinajstić information content (AvgIpc) is 2.85. The van der Waals surface area contributed by atoms with E-state index < -0.39 is 35.3 Å². The number of carbonyl (C=O) groups excluding carboxylic acids is 1. The number of nitrogens with zero attached hydrogens (tertiary/aromatic N) is 3. The molecule has 38 heavy (non-hydrogen) atoms. The van der Waals surface area contributed by atoms with Crippen molar-refractivity contribution in [1.82, 2.24) is 10.2 Å². The molecule has 0 fully saturated rings. The lowest BCUT2D eigenvalue weighted by atomic mass is 9.83. The second kappa shape index (κ2) is 10.3. The van der Waals surface area contributed by atoms with Gasteiger partial charge in [0.2, 0.25) is 0 Å². The molecule has 1 aliphatic heterocycles. The molecule has 1 aliphatic rings. The van der Waals surface area contributed by atoms with Crippen molar-refractivity contribution in [2.45, 2.75) is 45.1 Å². The van der Waals surface area contributed by atoms with Crippen LogP contribution < -0.4 is 10.2 Å².